The van der Waals surface area contributed by atoms with Crippen molar-refractivity contribution in [3.63, 3.8) is 0 Å². The Morgan fingerprint density at radius 1 is 0.867 bits per heavy atom. The molecular formula is C35H38ClN3O5S. The third-order valence-electron chi connectivity index (χ3n) is 7.54. The molecule has 1 N–H and O–H groups in total. The molecule has 0 aromatic heterocycles. The molecule has 236 valence electrons. The number of hydrogen-bond acceptors (Lipinski definition) is 5. The molecule has 0 fully saturated rings. The number of amides is 2. The summed E-state index contributed by atoms with van der Waals surface area (Å²) in [6, 6.07) is 29.8. The maximum Gasteiger partial charge on any atom is 0.264 e. The molecule has 2 amide bonds. The van der Waals surface area contributed by atoms with Crippen LogP contribution in [0.1, 0.15) is 31.4 Å². The van der Waals surface area contributed by atoms with Gasteiger partial charge in [0.25, 0.3) is 10.0 Å². The van der Waals surface area contributed by atoms with Crippen molar-refractivity contribution in [1.82, 2.24) is 10.2 Å². The summed E-state index contributed by atoms with van der Waals surface area (Å²) in [6.45, 7) is 3.31. The van der Waals surface area contributed by atoms with Crippen LogP contribution >= 0.6 is 11.6 Å². The topological polar surface area (TPSA) is 96.0 Å². The number of anilines is 1. The first-order valence-corrected chi connectivity index (χ1v) is 16.5. The van der Waals surface area contributed by atoms with Gasteiger partial charge in [-0.1, -0.05) is 85.3 Å². The van der Waals surface area contributed by atoms with Crippen molar-refractivity contribution < 1.29 is 22.7 Å². The van der Waals surface area contributed by atoms with Crippen molar-refractivity contribution in [3.8, 4) is 5.75 Å². The second-order valence-corrected chi connectivity index (χ2v) is 12.9. The minimum absolute atomic E-state index is 0.00482. The Labute approximate surface area is 270 Å². The molecule has 10 heteroatoms. The van der Waals surface area contributed by atoms with E-state index in [2.05, 4.69) is 5.32 Å². The highest BCUT2D eigenvalue weighted by Gasteiger charge is 2.35. The number of methoxy groups -OCH3 is 1. The number of benzene rings is 4. The van der Waals surface area contributed by atoms with Gasteiger partial charge in [-0.25, -0.2) is 8.42 Å². The fourth-order valence-electron chi connectivity index (χ4n) is 4.80. The first kappa shape index (κ1) is 33.6. The van der Waals surface area contributed by atoms with E-state index >= 15 is 0 Å². The summed E-state index contributed by atoms with van der Waals surface area (Å²) in [6.07, 6.45) is 0.917. The Balaban J connectivity index is 1.79. The van der Waals surface area contributed by atoms with E-state index in [4.69, 9.17) is 16.3 Å². The molecule has 0 aliphatic rings. The summed E-state index contributed by atoms with van der Waals surface area (Å²) in [5.41, 5.74) is 1.79. The van der Waals surface area contributed by atoms with E-state index < -0.39 is 28.5 Å². The molecule has 0 bridgehead atoms. The Morgan fingerprint density at radius 2 is 1.47 bits per heavy atom. The van der Waals surface area contributed by atoms with Crippen LogP contribution in [0, 0.1) is 0 Å². The number of hydrogen-bond donors (Lipinski definition) is 1. The summed E-state index contributed by atoms with van der Waals surface area (Å²) in [5.74, 6) is -0.396. The third-order valence-corrected chi connectivity index (χ3v) is 9.70. The van der Waals surface area contributed by atoms with E-state index in [1.54, 1.807) is 66.7 Å². The molecule has 0 heterocycles. The normalized spacial score (nSPS) is 12.5. The predicted octanol–water partition coefficient (Wildman–Crippen LogP) is 6.10. The number of ether oxygens (including phenoxy) is 1. The monoisotopic (exact) mass is 647 g/mol. The van der Waals surface area contributed by atoms with Crippen LogP contribution in [-0.4, -0.2) is 50.9 Å². The van der Waals surface area contributed by atoms with Crippen molar-refractivity contribution in [1.29, 1.82) is 0 Å². The maximum absolute atomic E-state index is 14.5. The van der Waals surface area contributed by atoms with Gasteiger partial charge in [-0.15, -0.1) is 0 Å². The molecule has 45 heavy (non-hydrogen) atoms. The number of nitrogens with one attached hydrogen (secondary N) is 1. The molecule has 4 aromatic carbocycles. The summed E-state index contributed by atoms with van der Waals surface area (Å²) >= 11 is 6.55. The number of rotatable bonds is 14. The minimum atomic E-state index is -4.21. The lowest BCUT2D eigenvalue weighted by Gasteiger charge is -2.34. The van der Waals surface area contributed by atoms with Crippen molar-refractivity contribution >= 4 is 39.1 Å². The van der Waals surface area contributed by atoms with Gasteiger partial charge in [0.1, 0.15) is 18.3 Å². The average Bonchev–Trinajstić information content (AvgIpc) is 3.06. The van der Waals surface area contributed by atoms with Crippen molar-refractivity contribution in [2.75, 3.05) is 18.0 Å². The molecule has 0 saturated carbocycles. The van der Waals surface area contributed by atoms with Gasteiger partial charge in [0, 0.05) is 24.0 Å². The lowest BCUT2D eigenvalue weighted by molar-refractivity contribution is -0.140. The molecule has 0 unspecified atom stereocenters. The van der Waals surface area contributed by atoms with Crippen LogP contribution in [0.25, 0.3) is 0 Å². The molecule has 4 aromatic rings. The molecule has 4 rings (SSSR count). The zero-order chi connectivity index (χ0) is 32.4. The average molecular weight is 648 g/mol. The number of nitrogens with zero attached hydrogens (tertiary/aromatic N) is 2. The zero-order valence-electron chi connectivity index (χ0n) is 25.6. The van der Waals surface area contributed by atoms with E-state index in [-0.39, 0.29) is 29.8 Å². The summed E-state index contributed by atoms with van der Waals surface area (Å²) < 4.78 is 34.5. The van der Waals surface area contributed by atoms with Gasteiger partial charge in [0.05, 0.1) is 17.7 Å². The highest BCUT2D eigenvalue weighted by Crippen LogP contribution is 2.27. The Bertz CT molecular complexity index is 1670. The number of para-hydroxylation sites is 1. The lowest BCUT2D eigenvalue weighted by atomic mass is 10.0. The molecule has 0 aliphatic carbocycles. The fourth-order valence-corrected chi connectivity index (χ4v) is 6.41. The summed E-state index contributed by atoms with van der Waals surface area (Å²) in [7, 11) is -2.72. The van der Waals surface area contributed by atoms with Gasteiger partial charge in [0.15, 0.2) is 0 Å². The van der Waals surface area contributed by atoms with Gasteiger partial charge in [0.2, 0.25) is 11.8 Å². The zero-order valence-corrected chi connectivity index (χ0v) is 27.2. The van der Waals surface area contributed by atoms with Crippen LogP contribution in [0.15, 0.2) is 114 Å². The van der Waals surface area contributed by atoms with E-state index in [1.807, 2.05) is 44.2 Å². The van der Waals surface area contributed by atoms with Crippen LogP contribution < -0.4 is 14.4 Å². The smallest absolute Gasteiger partial charge is 0.264 e. The summed E-state index contributed by atoms with van der Waals surface area (Å²) in [4.78, 5) is 29.8. The quantitative estimate of drug-likeness (QED) is 0.179. The standard InChI is InChI=1S/C35H38ClN3O5S/c1-4-26(2)37-35(41)33(23-27-13-7-5-8-14-27)38(24-28-15-11-12-18-32(28)36)34(40)25-39(29-16-9-6-10-17-29)45(42,43)31-21-19-30(44-3)20-22-31/h5-22,26,33H,4,23-25H2,1-3H3,(H,37,41)/t26-,33-/m1/s1. The van der Waals surface area contributed by atoms with Crippen molar-refractivity contribution in [3.05, 3.63) is 125 Å². The van der Waals surface area contributed by atoms with Crippen molar-refractivity contribution in [2.45, 2.75) is 50.2 Å². The molecule has 8 nitrogen and oxygen atoms in total. The van der Waals surface area contributed by atoms with Crippen LogP contribution in [0.3, 0.4) is 0 Å². The number of halogens is 1. The second kappa shape index (κ2) is 15.6. The van der Waals surface area contributed by atoms with Crippen LogP contribution in [0.2, 0.25) is 5.02 Å². The molecular weight excluding hydrogens is 610 g/mol. The molecule has 0 saturated heterocycles. The second-order valence-electron chi connectivity index (χ2n) is 10.7. The highest BCUT2D eigenvalue weighted by molar-refractivity contribution is 7.92. The van der Waals surface area contributed by atoms with Gasteiger partial charge in [-0.3, -0.25) is 13.9 Å². The van der Waals surface area contributed by atoms with Gasteiger partial charge < -0.3 is 15.0 Å². The van der Waals surface area contributed by atoms with Gasteiger partial charge >= 0.3 is 0 Å². The van der Waals surface area contributed by atoms with E-state index in [9.17, 15) is 18.0 Å². The van der Waals surface area contributed by atoms with Gasteiger partial charge in [-0.2, -0.15) is 0 Å². The van der Waals surface area contributed by atoms with E-state index in [0.29, 0.717) is 28.4 Å². The Morgan fingerprint density at radius 3 is 2.07 bits per heavy atom. The number of carbonyl (C=O) groups excluding carboxylic acids is 2. The van der Waals surface area contributed by atoms with Gasteiger partial charge in [-0.05, 0) is 66.9 Å². The predicted molar refractivity (Wildman–Crippen MR) is 178 cm³/mol. The molecule has 2 atom stereocenters. The van der Waals surface area contributed by atoms with Crippen LogP contribution in [0.5, 0.6) is 5.75 Å². The third kappa shape index (κ3) is 8.65. The maximum atomic E-state index is 14.5. The SMILES string of the molecule is CC[C@@H](C)NC(=O)[C@@H](Cc1ccccc1)N(Cc1ccccc1Cl)C(=O)CN(c1ccccc1)S(=O)(=O)c1ccc(OC)cc1. The van der Waals surface area contributed by atoms with Crippen LogP contribution in [0.4, 0.5) is 5.69 Å². The van der Waals surface area contributed by atoms with E-state index in [0.717, 1.165) is 9.87 Å². The fraction of sp³-hybridized carbons (Fsp3) is 0.257. The van der Waals surface area contributed by atoms with Crippen LogP contribution in [-0.2, 0) is 32.6 Å². The summed E-state index contributed by atoms with van der Waals surface area (Å²) in [5, 5.41) is 3.46. The minimum Gasteiger partial charge on any atom is -0.497 e. The molecule has 0 radical (unpaired) electrons. The lowest BCUT2D eigenvalue weighted by Crippen LogP contribution is -2.54. The van der Waals surface area contributed by atoms with Crippen molar-refractivity contribution in [2.24, 2.45) is 0 Å². The largest absolute Gasteiger partial charge is 0.497 e. The van der Waals surface area contributed by atoms with E-state index in [1.165, 1.54) is 24.1 Å². The highest BCUT2D eigenvalue weighted by atomic mass is 35.5. The first-order valence-electron chi connectivity index (χ1n) is 14.7. The molecule has 0 aliphatic heterocycles. The Hall–Kier alpha value is -4.34. The Kier molecular flexibility index (Phi) is 11.6. The first-order chi connectivity index (χ1) is 21.6. The number of carbonyl (C=O) groups is 2. The number of sulfonamides is 1. The molecule has 0 spiro atoms.